The molecule has 1 aromatic carbocycles. The molecule has 7 nitrogen and oxygen atoms in total. The van der Waals surface area contributed by atoms with Crippen LogP contribution in [0.1, 0.15) is 29.1 Å². The molecule has 0 unspecified atom stereocenters. The van der Waals surface area contributed by atoms with Crippen LogP contribution >= 0.6 is 11.3 Å². The Balaban J connectivity index is 2.27. The van der Waals surface area contributed by atoms with Crippen molar-refractivity contribution in [3.05, 3.63) is 46.3 Å². The maximum absolute atomic E-state index is 13.3. The molecule has 0 saturated carbocycles. The molecule has 1 amide bonds. The minimum absolute atomic E-state index is 0.0175. The molecular weight excluding hydrogens is 414 g/mol. The third-order valence-electron chi connectivity index (χ3n) is 3.67. The predicted octanol–water partition coefficient (Wildman–Crippen LogP) is 2.82. The lowest BCUT2D eigenvalue weighted by Crippen LogP contribution is -2.50. The number of nitrogens with one attached hydrogen (secondary N) is 2. The third-order valence-corrected chi connectivity index (χ3v) is 6.85. The molecule has 0 bridgehead atoms. The van der Waals surface area contributed by atoms with Gasteiger partial charge in [0, 0.05) is 16.6 Å². The summed E-state index contributed by atoms with van der Waals surface area (Å²) in [5, 5.41) is 2.38. The molecule has 2 aromatic rings. The molecule has 1 aromatic heterocycles. The SMILES string of the molecule is COC(=O)C(C)(C)NS(=O)(=O)c1cc(C(=O)Nc2ccc(F)c(F)c2)c(C)s1. The zero-order chi connectivity index (χ0) is 21.3. The molecule has 28 heavy (non-hydrogen) atoms. The van der Waals surface area contributed by atoms with Crippen LogP contribution in [-0.4, -0.2) is 32.9 Å². The van der Waals surface area contributed by atoms with Crippen molar-refractivity contribution in [3.63, 3.8) is 0 Å². The van der Waals surface area contributed by atoms with E-state index in [1.54, 1.807) is 0 Å². The van der Waals surface area contributed by atoms with E-state index in [1.165, 1.54) is 26.8 Å². The number of methoxy groups -OCH3 is 1. The van der Waals surface area contributed by atoms with Crippen molar-refractivity contribution in [2.75, 3.05) is 12.4 Å². The molecule has 0 radical (unpaired) electrons. The van der Waals surface area contributed by atoms with Gasteiger partial charge in [-0.25, -0.2) is 17.2 Å². The molecular formula is C17H18F2N2O5S2. The van der Waals surface area contributed by atoms with E-state index in [-0.39, 0.29) is 15.5 Å². The summed E-state index contributed by atoms with van der Waals surface area (Å²) in [6, 6.07) is 3.99. The highest BCUT2D eigenvalue weighted by Crippen LogP contribution is 2.28. The van der Waals surface area contributed by atoms with Gasteiger partial charge in [0.05, 0.1) is 12.7 Å². The fraction of sp³-hybridized carbons (Fsp3) is 0.294. The van der Waals surface area contributed by atoms with Crippen LogP contribution in [0.4, 0.5) is 14.5 Å². The first-order valence-electron chi connectivity index (χ1n) is 7.86. The number of aryl methyl sites for hydroxylation is 1. The average molecular weight is 432 g/mol. The Morgan fingerprint density at radius 2 is 1.79 bits per heavy atom. The van der Waals surface area contributed by atoms with Crippen LogP contribution in [0.3, 0.4) is 0 Å². The molecule has 0 aliphatic rings. The van der Waals surface area contributed by atoms with Crippen LogP contribution in [0, 0.1) is 18.6 Å². The van der Waals surface area contributed by atoms with Crippen molar-refractivity contribution in [1.29, 1.82) is 0 Å². The number of hydrogen-bond donors (Lipinski definition) is 2. The molecule has 0 aliphatic carbocycles. The van der Waals surface area contributed by atoms with E-state index in [9.17, 15) is 26.8 Å². The van der Waals surface area contributed by atoms with E-state index in [1.807, 2.05) is 0 Å². The minimum atomic E-state index is -4.12. The van der Waals surface area contributed by atoms with Gasteiger partial charge in [-0.05, 0) is 39.0 Å². The minimum Gasteiger partial charge on any atom is -0.468 e. The lowest BCUT2D eigenvalue weighted by atomic mass is 10.1. The second-order valence-electron chi connectivity index (χ2n) is 6.34. The molecule has 0 spiro atoms. The second kappa shape index (κ2) is 7.94. The Morgan fingerprint density at radius 3 is 2.36 bits per heavy atom. The molecule has 11 heteroatoms. The summed E-state index contributed by atoms with van der Waals surface area (Å²) in [6.07, 6.45) is 0. The fourth-order valence-corrected chi connectivity index (χ4v) is 5.08. The number of hydrogen-bond acceptors (Lipinski definition) is 6. The first-order chi connectivity index (χ1) is 12.9. The van der Waals surface area contributed by atoms with Crippen molar-refractivity contribution in [1.82, 2.24) is 4.72 Å². The number of carbonyl (C=O) groups is 2. The number of esters is 1. The van der Waals surface area contributed by atoms with Crippen LogP contribution < -0.4 is 10.0 Å². The molecule has 2 N–H and O–H groups in total. The van der Waals surface area contributed by atoms with Gasteiger partial charge in [-0.3, -0.25) is 9.59 Å². The number of thiophene rings is 1. The van der Waals surface area contributed by atoms with Gasteiger partial charge in [-0.15, -0.1) is 11.3 Å². The quantitative estimate of drug-likeness (QED) is 0.684. The van der Waals surface area contributed by atoms with Gasteiger partial charge in [0.2, 0.25) is 0 Å². The Labute approximate surface area is 164 Å². The van der Waals surface area contributed by atoms with E-state index in [4.69, 9.17) is 0 Å². The number of sulfonamides is 1. The van der Waals surface area contributed by atoms with E-state index >= 15 is 0 Å². The van der Waals surface area contributed by atoms with Gasteiger partial charge in [-0.1, -0.05) is 0 Å². The molecule has 0 saturated heterocycles. The Bertz CT molecular complexity index is 1030. The molecule has 0 atom stereocenters. The summed E-state index contributed by atoms with van der Waals surface area (Å²) >= 11 is 0.828. The summed E-state index contributed by atoms with van der Waals surface area (Å²) in [7, 11) is -2.98. The van der Waals surface area contributed by atoms with E-state index in [0.29, 0.717) is 4.88 Å². The van der Waals surface area contributed by atoms with Gasteiger partial charge >= 0.3 is 5.97 Å². The summed E-state index contributed by atoms with van der Waals surface area (Å²) in [5.74, 6) is -3.65. The number of rotatable bonds is 6. The van der Waals surface area contributed by atoms with Crippen LogP contribution in [0.2, 0.25) is 0 Å². The Kier molecular flexibility index (Phi) is 6.21. The summed E-state index contributed by atoms with van der Waals surface area (Å²) in [4.78, 5) is 24.5. The van der Waals surface area contributed by atoms with Crippen molar-refractivity contribution in [3.8, 4) is 0 Å². The van der Waals surface area contributed by atoms with Crippen LogP contribution in [0.15, 0.2) is 28.5 Å². The summed E-state index contributed by atoms with van der Waals surface area (Å²) in [5.41, 5.74) is -1.45. The first kappa shape index (κ1) is 21.9. The Morgan fingerprint density at radius 1 is 1.14 bits per heavy atom. The average Bonchev–Trinajstić information content (AvgIpc) is 2.99. The molecule has 0 fully saturated rings. The zero-order valence-electron chi connectivity index (χ0n) is 15.4. The summed E-state index contributed by atoms with van der Waals surface area (Å²) in [6.45, 7) is 4.22. The van der Waals surface area contributed by atoms with E-state index < -0.39 is 39.1 Å². The van der Waals surface area contributed by atoms with Gasteiger partial charge in [0.25, 0.3) is 15.9 Å². The zero-order valence-corrected chi connectivity index (χ0v) is 17.1. The molecule has 1 heterocycles. The third kappa shape index (κ3) is 4.72. The van der Waals surface area contributed by atoms with E-state index in [2.05, 4.69) is 14.8 Å². The molecule has 0 aliphatic heterocycles. The smallest absolute Gasteiger partial charge is 0.326 e. The van der Waals surface area contributed by atoms with Gasteiger partial charge < -0.3 is 10.1 Å². The van der Waals surface area contributed by atoms with Crippen molar-refractivity contribution in [2.45, 2.75) is 30.5 Å². The molecule has 2 rings (SSSR count). The van der Waals surface area contributed by atoms with Crippen molar-refractivity contribution >= 4 is 38.9 Å². The van der Waals surface area contributed by atoms with Gasteiger partial charge in [0.1, 0.15) is 9.75 Å². The lowest BCUT2D eigenvalue weighted by Gasteiger charge is -2.22. The first-order valence-corrected chi connectivity index (χ1v) is 10.2. The second-order valence-corrected chi connectivity index (χ2v) is 9.51. The maximum Gasteiger partial charge on any atom is 0.326 e. The van der Waals surface area contributed by atoms with Crippen LogP contribution in [-0.2, 0) is 19.6 Å². The normalized spacial score (nSPS) is 11.9. The molecule has 152 valence electrons. The number of halogens is 2. The number of anilines is 1. The van der Waals surface area contributed by atoms with Crippen molar-refractivity contribution in [2.24, 2.45) is 0 Å². The number of benzene rings is 1. The monoisotopic (exact) mass is 432 g/mol. The topological polar surface area (TPSA) is 102 Å². The standard InChI is InChI=1S/C17H18F2N2O5S2/c1-9-11(15(22)20-10-5-6-12(18)13(19)7-10)8-14(27-9)28(24,25)21-17(2,3)16(23)26-4/h5-8,21H,1-4H3,(H,20,22). The highest BCUT2D eigenvalue weighted by molar-refractivity contribution is 7.91. The summed E-state index contributed by atoms with van der Waals surface area (Å²) < 4.78 is 58.0. The number of ether oxygens (including phenoxy) is 1. The van der Waals surface area contributed by atoms with Gasteiger partial charge in [-0.2, -0.15) is 4.72 Å². The highest BCUT2D eigenvalue weighted by Gasteiger charge is 2.35. The largest absolute Gasteiger partial charge is 0.468 e. The van der Waals surface area contributed by atoms with Crippen LogP contribution in [0.5, 0.6) is 0 Å². The van der Waals surface area contributed by atoms with Crippen molar-refractivity contribution < 1.29 is 31.5 Å². The Hall–Kier alpha value is -2.37. The number of amides is 1. The highest BCUT2D eigenvalue weighted by atomic mass is 32.2. The fourth-order valence-electron chi connectivity index (χ4n) is 2.27. The lowest BCUT2D eigenvalue weighted by molar-refractivity contribution is -0.146. The van der Waals surface area contributed by atoms with Gasteiger partial charge in [0.15, 0.2) is 11.6 Å². The van der Waals surface area contributed by atoms with Crippen LogP contribution in [0.25, 0.3) is 0 Å². The van der Waals surface area contributed by atoms with E-state index in [0.717, 1.165) is 36.6 Å². The number of carbonyl (C=O) groups excluding carboxylic acids is 2. The predicted molar refractivity (Wildman–Crippen MR) is 99.8 cm³/mol. The maximum atomic E-state index is 13.3.